The highest BCUT2D eigenvalue weighted by Crippen LogP contribution is 2.39. The van der Waals surface area contributed by atoms with Crippen LogP contribution in [0.15, 0.2) is 36.4 Å². The minimum absolute atomic E-state index is 0.114. The Hall–Kier alpha value is -1.89. The normalized spacial score (nSPS) is 13.9. The second kappa shape index (κ2) is 6.78. The number of fused-ring (bicyclic) bond motifs is 3. The monoisotopic (exact) mass is 379 g/mol. The van der Waals surface area contributed by atoms with Crippen molar-refractivity contribution in [2.75, 3.05) is 12.3 Å². The Morgan fingerprint density at radius 3 is 2.68 bits per heavy atom. The van der Waals surface area contributed by atoms with Crippen LogP contribution in [0.25, 0.3) is 11.1 Å². The van der Waals surface area contributed by atoms with Crippen molar-refractivity contribution in [1.29, 1.82) is 0 Å². The van der Waals surface area contributed by atoms with Crippen LogP contribution in [0.3, 0.4) is 0 Å². The van der Waals surface area contributed by atoms with Crippen molar-refractivity contribution in [3.8, 4) is 11.1 Å². The zero-order valence-electron chi connectivity index (χ0n) is 13.6. The highest BCUT2D eigenvalue weighted by molar-refractivity contribution is 7.85. The summed E-state index contributed by atoms with van der Waals surface area (Å²) in [6.45, 7) is 1.65. The van der Waals surface area contributed by atoms with E-state index < -0.39 is 21.8 Å². The molecular formula is C18H18ClNO4S. The number of hydrogen-bond donors (Lipinski definition) is 2. The van der Waals surface area contributed by atoms with Gasteiger partial charge < -0.3 is 5.32 Å². The molecule has 0 saturated carbocycles. The molecule has 1 amide bonds. The summed E-state index contributed by atoms with van der Waals surface area (Å²) in [4.78, 5) is 12.2. The molecular weight excluding hydrogens is 362 g/mol. The second-order valence-corrected chi connectivity index (χ2v) is 8.20. The first-order valence-electron chi connectivity index (χ1n) is 7.89. The first kappa shape index (κ1) is 17.9. The van der Waals surface area contributed by atoms with Crippen LogP contribution in [0.1, 0.15) is 29.5 Å². The summed E-state index contributed by atoms with van der Waals surface area (Å²) >= 11 is 6.08. The number of hydrogen-bond acceptors (Lipinski definition) is 3. The van der Waals surface area contributed by atoms with Crippen molar-refractivity contribution < 1.29 is 17.8 Å². The summed E-state index contributed by atoms with van der Waals surface area (Å²) in [5.74, 6) is -1.19. The predicted octanol–water partition coefficient (Wildman–Crippen LogP) is 3.02. The Labute approximate surface area is 151 Å². The molecule has 0 spiro atoms. The lowest BCUT2D eigenvalue weighted by molar-refractivity contribution is -0.122. The quantitative estimate of drug-likeness (QED) is 0.667. The number of rotatable bonds is 5. The first-order chi connectivity index (χ1) is 11.7. The summed E-state index contributed by atoms with van der Waals surface area (Å²) in [5.41, 5.74) is 5.47. The van der Waals surface area contributed by atoms with Crippen molar-refractivity contribution in [3.63, 3.8) is 0 Å². The molecule has 0 bridgehead atoms. The maximum absolute atomic E-state index is 12.2. The molecule has 3 rings (SSSR count). The molecule has 0 heterocycles. The smallest absolute Gasteiger partial charge is 0.266 e. The van der Waals surface area contributed by atoms with Crippen molar-refractivity contribution in [2.24, 2.45) is 0 Å². The van der Waals surface area contributed by atoms with Gasteiger partial charge in [0, 0.05) is 11.6 Å². The van der Waals surface area contributed by atoms with Gasteiger partial charge in [-0.05, 0) is 53.3 Å². The fourth-order valence-electron chi connectivity index (χ4n) is 3.06. The highest BCUT2D eigenvalue weighted by Gasteiger charge is 2.22. The van der Waals surface area contributed by atoms with Gasteiger partial charge in [-0.15, -0.1) is 0 Å². The third kappa shape index (κ3) is 4.03. The van der Waals surface area contributed by atoms with Crippen LogP contribution >= 0.6 is 11.6 Å². The summed E-state index contributed by atoms with van der Waals surface area (Å²) in [7, 11) is -4.08. The minimum Gasteiger partial charge on any atom is -0.354 e. The van der Waals surface area contributed by atoms with E-state index in [0.29, 0.717) is 5.02 Å². The molecule has 0 aliphatic heterocycles. The van der Waals surface area contributed by atoms with Crippen LogP contribution in [0, 0.1) is 0 Å². The first-order valence-corrected chi connectivity index (χ1v) is 9.88. The van der Waals surface area contributed by atoms with Gasteiger partial charge in [0.1, 0.15) is 0 Å². The minimum atomic E-state index is -4.08. The third-order valence-electron chi connectivity index (χ3n) is 4.42. The number of benzene rings is 2. The molecule has 1 unspecified atom stereocenters. The van der Waals surface area contributed by atoms with Crippen molar-refractivity contribution in [2.45, 2.75) is 19.3 Å². The summed E-state index contributed by atoms with van der Waals surface area (Å²) in [5, 5.41) is 3.23. The number of carbonyl (C=O) groups is 1. The van der Waals surface area contributed by atoms with E-state index >= 15 is 0 Å². The highest BCUT2D eigenvalue weighted by atomic mass is 35.5. The number of nitrogens with one attached hydrogen (secondary N) is 1. The Morgan fingerprint density at radius 2 is 1.96 bits per heavy atom. The van der Waals surface area contributed by atoms with Gasteiger partial charge in [0.2, 0.25) is 5.91 Å². The summed E-state index contributed by atoms with van der Waals surface area (Å²) in [6.07, 6.45) is 0.798. The van der Waals surface area contributed by atoms with E-state index in [2.05, 4.69) is 5.32 Å². The Balaban J connectivity index is 1.74. The van der Waals surface area contributed by atoms with Gasteiger partial charge in [-0.1, -0.05) is 35.9 Å². The molecule has 2 N–H and O–H groups in total. The maximum atomic E-state index is 12.2. The molecule has 0 saturated heterocycles. The Bertz CT molecular complexity index is 940. The number of amides is 1. The molecule has 0 radical (unpaired) electrons. The van der Waals surface area contributed by atoms with E-state index in [4.69, 9.17) is 16.2 Å². The van der Waals surface area contributed by atoms with E-state index in [9.17, 15) is 13.2 Å². The molecule has 7 heteroatoms. The Kier molecular flexibility index (Phi) is 4.86. The van der Waals surface area contributed by atoms with Gasteiger partial charge in [0.05, 0.1) is 11.7 Å². The summed E-state index contributed by atoms with van der Waals surface area (Å²) < 4.78 is 30.1. The Morgan fingerprint density at radius 1 is 1.20 bits per heavy atom. The fourth-order valence-corrected chi connectivity index (χ4v) is 3.59. The van der Waals surface area contributed by atoms with Gasteiger partial charge in [-0.3, -0.25) is 9.35 Å². The molecule has 25 heavy (non-hydrogen) atoms. The van der Waals surface area contributed by atoms with Crippen molar-refractivity contribution in [1.82, 2.24) is 5.32 Å². The van der Waals surface area contributed by atoms with E-state index in [-0.39, 0.29) is 12.5 Å². The van der Waals surface area contributed by atoms with Crippen LogP contribution in [-0.4, -0.2) is 31.2 Å². The fraction of sp³-hybridized carbons (Fsp3) is 0.278. The lowest BCUT2D eigenvalue weighted by Crippen LogP contribution is -2.32. The van der Waals surface area contributed by atoms with Gasteiger partial charge in [-0.2, -0.15) is 8.42 Å². The second-order valence-electron chi connectivity index (χ2n) is 6.19. The molecule has 132 valence electrons. The van der Waals surface area contributed by atoms with Gasteiger partial charge >= 0.3 is 0 Å². The molecule has 1 atom stereocenters. The SMILES string of the molecule is CC(C(=O)NCCS(=O)(=O)O)c1ccc2c(c1)Cc1ccc(Cl)cc1-2. The van der Waals surface area contributed by atoms with E-state index in [1.165, 1.54) is 5.56 Å². The number of halogens is 1. The lowest BCUT2D eigenvalue weighted by atomic mass is 9.95. The van der Waals surface area contributed by atoms with Crippen LogP contribution in [0.4, 0.5) is 0 Å². The van der Waals surface area contributed by atoms with Crippen LogP contribution in [0.5, 0.6) is 0 Å². The van der Waals surface area contributed by atoms with Crippen molar-refractivity contribution in [3.05, 3.63) is 58.1 Å². The molecule has 5 nitrogen and oxygen atoms in total. The third-order valence-corrected chi connectivity index (χ3v) is 5.38. The zero-order valence-corrected chi connectivity index (χ0v) is 15.2. The standard InChI is InChI=1S/C18H18ClNO4S/c1-11(18(21)20-6-7-25(22,23)24)12-3-5-16-14(8-12)9-13-2-4-15(19)10-17(13)16/h2-5,8,10-11H,6-7,9H2,1H3,(H,20,21)(H,22,23,24). The lowest BCUT2D eigenvalue weighted by Gasteiger charge is -2.13. The van der Waals surface area contributed by atoms with Crippen molar-refractivity contribution >= 4 is 27.6 Å². The predicted molar refractivity (Wildman–Crippen MR) is 97.5 cm³/mol. The van der Waals surface area contributed by atoms with Crippen LogP contribution in [0.2, 0.25) is 5.02 Å². The zero-order chi connectivity index (χ0) is 18.2. The molecule has 2 aromatic carbocycles. The van der Waals surface area contributed by atoms with E-state index in [1.54, 1.807) is 6.92 Å². The topological polar surface area (TPSA) is 83.5 Å². The van der Waals surface area contributed by atoms with Crippen LogP contribution in [-0.2, 0) is 21.3 Å². The average molecular weight is 380 g/mol. The van der Waals surface area contributed by atoms with Crippen LogP contribution < -0.4 is 5.32 Å². The molecule has 1 aliphatic carbocycles. The molecule has 1 aliphatic rings. The van der Waals surface area contributed by atoms with E-state index in [0.717, 1.165) is 28.7 Å². The number of carbonyl (C=O) groups excluding carboxylic acids is 1. The van der Waals surface area contributed by atoms with Gasteiger partial charge in [-0.25, -0.2) is 0 Å². The molecule has 2 aromatic rings. The largest absolute Gasteiger partial charge is 0.354 e. The molecule has 0 aromatic heterocycles. The van der Waals surface area contributed by atoms with E-state index in [1.807, 2.05) is 36.4 Å². The van der Waals surface area contributed by atoms with Gasteiger partial charge in [0.15, 0.2) is 0 Å². The van der Waals surface area contributed by atoms with Gasteiger partial charge in [0.25, 0.3) is 10.1 Å². The average Bonchev–Trinajstić information content (AvgIpc) is 2.89. The molecule has 0 fully saturated rings. The maximum Gasteiger partial charge on any atom is 0.266 e. The summed E-state index contributed by atoms with van der Waals surface area (Å²) in [6, 6.07) is 11.8.